The fourth-order valence-electron chi connectivity index (χ4n) is 3.40. The van der Waals surface area contributed by atoms with Gasteiger partial charge in [0.25, 0.3) is 5.91 Å². The Kier molecular flexibility index (Phi) is 7.54. The number of aryl methyl sites for hydroxylation is 3. The van der Waals surface area contributed by atoms with E-state index in [2.05, 4.69) is 10.6 Å². The Balaban J connectivity index is 2.44. The van der Waals surface area contributed by atoms with E-state index in [0.29, 0.717) is 23.3 Å². The number of carbonyl (C=O) groups is 2. The van der Waals surface area contributed by atoms with Crippen molar-refractivity contribution in [2.24, 2.45) is 0 Å². The van der Waals surface area contributed by atoms with Gasteiger partial charge in [-0.1, -0.05) is 19.1 Å². The van der Waals surface area contributed by atoms with Crippen LogP contribution in [-0.4, -0.2) is 29.5 Å². The van der Waals surface area contributed by atoms with Crippen LogP contribution >= 0.6 is 0 Å². The molecule has 2 amide bonds. The number of benzene rings is 2. The van der Waals surface area contributed by atoms with Crippen molar-refractivity contribution in [3.8, 4) is 0 Å². The highest BCUT2D eigenvalue weighted by Gasteiger charge is 2.73. The van der Waals surface area contributed by atoms with Gasteiger partial charge in [-0.05, 0) is 60.7 Å². The number of halogens is 7. The van der Waals surface area contributed by atoms with Crippen molar-refractivity contribution in [3.63, 3.8) is 0 Å². The van der Waals surface area contributed by atoms with Gasteiger partial charge < -0.3 is 15.7 Å². The van der Waals surface area contributed by atoms with Gasteiger partial charge in [-0.3, -0.25) is 4.79 Å². The van der Waals surface area contributed by atoms with Gasteiger partial charge in [0.2, 0.25) is 0 Å². The number of carbonyl (C=O) groups excluding carboxylic acids is 1. The van der Waals surface area contributed by atoms with Crippen LogP contribution in [0, 0.1) is 13.8 Å². The molecule has 0 heterocycles. The summed E-state index contributed by atoms with van der Waals surface area (Å²) in [7, 11) is 0. The first-order valence-corrected chi connectivity index (χ1v) is 9.87. The first kappa shape index (κ1) is 26.9. The average Bonchev–Trinajstić information content (AvgIpc) is 2.71. The molecule has 0 aliphatic rings. The van der Waals surface area contributed by atoms with Crippen molar-refractivity contribution in [2.75, 3.05) is 5.32 Å². The lowest BCUT2D eigenvalue weighted by Gasteiger charge is -2.31. The summed E-state index contributed by atoms with van der Waals surface area (Å²) in [6.45, 7) is 4.22. The summed E-state index contributed by atoms with van der Waals surface area (Å²) in [4.78, 5) is 23.3. The molecule has 0 saturated heterocycles. The number of hydrogen-bond donors (Lipinski definition) is 3. The fraction of sp³-hybridized carbons (Fsp3) is 0.364. The molecule has 34 heavy (non-hydrogen) atoms. The second kappa shape index (κ2) is 9.51. The van der Waals surface area contributed by atoms with Gasteiger partial charge in [0.05, 0.1) is 0 Å². The number of nitrogens with one attached hydrogen (secondary N) is 2. The van der Waals surface area contributed by atoms with Gasteiger partial charge in [-0.25, -0.2) is 9.18 Å². The molecule has 0 aliphatic heterocycles. The second-order valence-corrected chi connectivity index (χ2v) is 7.59. The van der Waals surface area contributed by atoms with E-state index in [4.69, 9.17) is 5.11 Å². The minimum Gasteiger partial charge on any atom is -0.465 e. The van der Waals surface area contributed by atoms with Gasteiger partial charge in [0.1, 0.15) is 0 Å². The number of alkyl halides is 7. The third-order valence-corrected chi connectivity index (χ3v) is 5.25. The van der Waals surface area contributed by atoms with Gasteiger partial charge in [0.15, 0.2) is 0 Å². The Labute approximate surface area is 190 Å². The molecule has 0 bridgehead atoms. The molecule has 186 valence electrons. The van der Waals surface area contributed by atoms with Crippen LogP contribution in [0.2, 0.25) is 0 Å². The zero-order chi connectivity index (χ0) is 26.1. The molecule has 2 aromatic rings. The number of hydrogen-bond acceptors (Lipinski definition) is 2. The Hall–Kier alpha value is -3.31. The zero-order valence-corrected chi connectivity index (χ0v) is 18.2. The molecule has 0 aromatic heterocycles. The van der Waals surface area contributed by atoms with Gasteiger partial charge >= 0.3 is 24.1 Å². The first-order chi connectivity index (χ1) is 15.5. The minimum atomic E-state index is -6.25. The molecule has 0 spiro atoms. The summed E-state index contributed by atoms with van der Waals surface area (Å²) in [6.07, 6.45) is -13.8. The third kappa shape index (κ3) is 5.26. The second-order valence-electron chi connectivity index (χ2n) is 7.59. The van der Waals surface area contributed by atoms with E-state index >= 15 is 0 Å². The highest BCUT2D eigenvalue weighted by Crippen LogP contribution is 2.53. The molecule has 2 rings (SSSR count). The molecule has 12 heteroatoms. The van der Waals surface area contributed by atoms with Crippen LogP contribution < -0.4 is 10.6 Å². The maximum absolute atomic E-state index is 14.5. The van der Waals surface area contributed by atoms with E-state index < -0.39 is 35.6 Å². The molecule has 0 saturated carbocycles. The molecule has 0 radical (unpaired) electrons. The molecule has 3 N–H and O–H groups in total. The standard InChI is InChI=1S/C22H21F7N2O3/c1-4-13-9-16(20(23,21(24,25)26)22(27,28)29)8-12(3)17(13)31-18(32)14-5-6-15(11(2)7-14)10-30-19(33)34/h5-9,30H,4,10H2,1-3H3,(H,31,32)(H,33,34). The van der Waals surface area contributed by atoms with Gasteiger partial charge in [-0.2, -0.15) is 26.3 Å². The largest absolute Gasteiger partial charge is 0.465 e. The quantitative estimate of drug-likeness (QED) is 0.420. The maximum Gasteiger partial charge on any atom is 0.435 e. The van der Waals surface area contributed by atoms with E-state index in [-0.39, 0.29) is 35.3 Å². The van der Waals surface area contributed by atoms with Crippen LogP contribution in [-0.2, 0) is 18.6 Å². The number of anilines is 1. The first-order valence-electron chi connectivity index (χ1n) is 9.87. The van der Waals surface area contributed by atoms with Crippen molar-refractivity contribution in [1.82, 2.24) is 5.32 Å². The maximum atomic E-state index is 14.5. The summed E-state index contributed by atoms with van der Waals surface area (Å²) in [6, 6.07) is 5.21. The van der Waals surface area contributed by atoms with Crippen LogP contribution in [0.25, 0.3) is 0 Å². The molecule has 0 unspecified atom stereocenters. The van der Waals surface area contributed by atoms with E-state index in [1.165, 1.54) is 25.1 Å². The summed E-state index contributed by atoms with van der Waals surface area (Å²) in [5.41, 5.74) is -6.24. The van der Waals surface area contributed by atoms with Crippen molar-refractivity contribution in [2.45, 2.75) is 51.8 Å². The van der Waals surface area contributed by atoms with E-state index in [0.717, 1.165) is 6.92 Å². The Morgan fingerprint density at radius 3 is 1.94 bits per heavy atom. The molecular formula is C22H21F7N2O3. The Bertz CT molecular complexity index is 1080. The average molecular weight is 494 g/mol. The van der Waals surface area contributed by atoms with Crippen LogP contribution in [0.5, 0.6) is 0 Å². The van der Waals surface area contributed by atoms with Gasteiger partial charge in [-0.15, -0.1) is 0 Å². The summed E-state index contributed by atoms with van der Waals surface area (Å²) < 4.78 is 93.4. The Morgan fingerprint density at radius 1 is 0.882 bits per heavy atom. The van der Waals surface area contributed by atoms with E-state index in [9.17, 15) is 40.3 Å². The lowest BCUT2D eigenvalue weighted by atomic mass is 9.89. The third-order valence-electron chi connectivity index (χ3n) is 5.25. The van der Waals surface area contributed by atoms with Crippen molar-refractivity contribution < 1.29 is 45.4 Å². The van der Waals surface area contributed by atoms with Crippen LogP contribution in [0.3, 0.4) is 0 Å². The van der Waals surface area contributed by atoms with Crippen molar-refractivity contribution in [1.29, 1.82) is 0 Å². The van der Waals surface area contributed by atoms with E-state index in [1.54, 1.807) is 6.92 Å². The molecule has 0 atom stereocenters. The van der Waals surface area contributed by atoms with Crippen molar-refractivity contribution >= 4 is 17.7 Å². The van der Waals surface area contributed by atoms with Crippen LogP contribution in [0.4, 0.5) is 41.2 Å². The highest BCUT2D eigenvalue weighted by molar-refractivity contribution is 6.05. The van der Waals surface area contributed by atoms with Crippen molar-refractivity contribution in [3.05, 3.63) is 63.7 Å². The summed E-state index contributed by atoms with van der Waals surface area (Å²) >= 11 is 0. The topological polar surface area (TPSA) is 78.4 Å². The lowest BCUT2D eigenvalue weighted by Crippen LogP contribution is -2.50. The van der Waals surface area contributed by atoms with Crippen LogP contribution in [0.1, 0.15) is 45.1 Å². The highest BCUT2D eigenvalue weighted by atomic mass is 19.4. The summed E-state index contributed by atoms with van der Waals surface area (Å²) in [5, 5.41) is 13.3. The minimum absolute atomic E-state index is 0.00693. The Morgan fingerprint density at radius 2 is 1.47 bits per heavy atom. The zero-order valence-electron chi connectivity index (χ0n) is 18.2. The SMILES string of the molecule is CCc1cc(C(F)(C(F)(F)F)C(F)(F)F)cc(C)c1NC(=O)c1ccc(CNC(=O)O)c(C)c1. The molecular weight excluding hydrogens is 473 g/mol. The van der Waals surface area contributed by atoms with Crippen LogP contribution in [0.15, 0.2) is 30.3 Å². The predicted octanol–water partition coefficient (Wildman–Crippen LogP) is 6.18. The fourth-order valence-corrected chi connectivity index (χ4v) is 3.40. The normalized spacial score (nSPS) is 12.4. The predicted molar refractivity (Wildman–Crippen MR) is 109 cm³/mol. The van der Waals surface area contributed by atoms with E-state index in [1.807, 2.05) is 0 Å². The molecule has 0 fully saturated rings. The lowest BCUT2D eigenvalue weighted by molar-refractivity contribution is -0.348. The van der Waals surface area contributed by atoms with Gasteiger partial charge in [0, 0.05) is 23.4 Å². The molecule has 0 aliphatic carbocycles. The number of amides is 2. The number of carboxylic acid groups (broad SMARTS) is 1. The smallest absolute Gasteiger partial charge is 0.435 e. The molecule has 5 nitrogen and oxygen atoms in total. The monoisotopic (exact) mass is 494 g/mol. The molecule has 2 aromatic carbocycles. The number of rotatable bonds is 6. The summed E-state index contributed by atoms with van der Waals surface area (Å²) in [5.74, 6) is -0.704.